The second kappa shape index (κ2) is 7.22. The monoisotopic (exact) mass is 325 g/mol. The van der Waals surface area contributed by atoms with Gasteiger partial charge in [0.05, 0.1) is 11.2 Å². The minimum absolute atomic E-state index is 0.703. The molecule has 2 heterocycles. The van der Waals surface area contributed by atoms with Gasteiger partial charge in [0.2, 0.25) is 0 Å². The molecule has 0 amide bonds. The lowest BCUT2D eigenvalue weighted by Gasteiger charge is -2.08. The van der Waals surface area contributed by atoms with E-state index < -0.39 is 0 Å². The van der Waals surface area contributed by atoms with Crippen LogP contribution in [0.3, 0.4) is 0 Å². The topological polar surface area (TPSA) is 38.7 Å². The molecular weight excluding hydrogens is 306 g/mol. The van der Waals surface area contributed by atoms with Crippen molar-refractivity contribution in [2.24, 2.45) is 0 Å². The Morgan fingerprint density at radius 3 is 2.32 bits per heavy atom. The lowest BCUT2D eigenvalue weighted by Crippen LogP contribution is -2.00. The lowest BCUT2D eigenvalue weighted by atomic mass is 10.0. The fraction of sp³-hybridized carbons (Fsp3) is 0.136. The zero-order chi connectivity index (χ0) is 16.9. The number of hydrogen-bond acceptors (Lipinski definition) is 3. The first-order valence-corrected chi connectivity index (χ1v) is 8.61. The van der Waals surface area contributed by atoms with E-state index in [1.165, 1.54) is 5.56 Å². The highest BCUT2D eigenvalue weighted by atomic mass is 14.9. The molecule has 0 fully saturated rings. The standard InChI is InChI=1S/C22H19N3/c1-2-9-17(10-3-1)11-8-15-20-18-12-4-5-13-19(18)24-22(25-20)21-14-6-7-16-23-21/h1-7,9-10,12-14,16H,8,11,15H2. The summed E-state index contributed by atoms with van der Waals surface area (Å²) in [6, 6.07) is 24.6. The van der Waals surface area contributed by atoms with Crippen molar-refractivity contribution in [2.45, 2.75) is 19.3 Å². The summed E-state index contributed by atoms with van der Waals surface area (Å²) in [7, 11) is 0. The third-order valence-corrected chi connectivity index (χ3v) is 4.30. The van der Waals surface area contributed by atoms with Crippen LogP contribution in [0.25, 0.3) is 22.4 Å². The number of nitrogens with zero attached hydrogens (tertiary/aromatic N) is 3. The summed E-state index contributed by atoms with van der Waals surface area (Å²) in [6.45, 7) is 0. The largest absolute Gasteiger partial charge is 0.253 e. The zero-order valence-electron chi connectivity index (χ0n) is 14.0. The van der Waals surface area contributed by atoms with Gasteiger partial charge in [0.15, 0.2) is 5.82 Å². The molecule has 2 aromatic carbocycles. The predicted octanol–water partition coefficient (Wildman–Crippen LogP) is 4.87. The number of aryl methyl sites for hydroxylation is 2. The first-order chi connectivity index (χ1) is 12.4. The predicted molar refractivity (Wildman–Crippen MR) is 101 cm³/mol. The van der Waals surface area contributed by atoms with Crippen LogP contribution in [-0.2, 0) is 12.8 Å². The average molecular weight is 325 g/mol. The van der Waals surface area contributed by atoms with Crippen molar-refractivity contribution < 1.29 is 0 Å². The molecule has 122 valence electrons. The van der Waals surface area contributed by atoms with Crippen LogP contribution in [0.4, 0.5) is 0 Å². The molecule has 4 rings (SSSR count). The smallest absolute Gasteiger partial charge is 0.178 e. The maximum Gasteiger partial charge on any atom is 0.178 e. The van der Waals surface area contributed by atoms with Gasteiger partial charge in [-0.1, -0.05) is 54.6 Å². The van der Waals surface area contributed by atoms with Gasteiger partial charge in [-0.25, -0.2) is 9.97 Å². The van der Waals surface area contributed by atoms with Crippen LogP contribution < -0.4 is 0 Å². The minimum Gasteiger partial charge on any atom is -0.253 e. The Kier molecular flexibility index (Phi) is 4.46. The maximum absolute atomic E-state index is 4.83. The third kappa shape index (κ3) is 3.56. The molecule has 0 saturated carbocycles. The van der Waals surface area contributed by atoms with Crippen LogP contribution in [0.1, 0.15) is 17.7 Å². The number of benzene rings is 2. The minimum atomic E-state index is 0.703. The molecule has 0 saturated heterocycles. The van der Waals surface area contributed by atoms with Gasteiger partial charge in [-0.15, -0.1) is 0 Å². The van der Waals surface area contributed by atoms with Gasteiger partial charge in [-0.05, 0) is 43.0 Å². The molecule has 0 aliphatic carbocycles. The van der Waals surface area contributed by atoms with Crippen LogP contribution >= 0.6 is 0 Å². The van der Waals surface area contributed by atoms with E-state index in [1.54, 1.807) is 6.20 Å². The van der Waals surface area contributed by atoms with Gasteiger partial charge in [0, 0.05) is 11.6 Å². The van der Waals surface area contributed by atoms with E-state index >= 15 is 0 Å². The van der Waals surface area contributed by atoms with Gasteiger partial charge < -0.3 is 0 Å². The van der Waals surface area contributed by atoms with Crippen molar-refractivity contribution in [3.05, 3.63) is 90.3 Å². The van der Waals surface area contributed by atoms with E-state index in [-0.39, 0.29) is 0 Å². The Bertz CT molecular complexity index is 966. The molecule has 3 nitrogen and oxygen atoms in total. The molecule has 4 aromatic rings. The quantitative estimate of drug-likeness (QED) is 0.525. The number of aromatic nitrogens is 3. The van der Waals surface area contributed by atoms with Crippen molar-refractivity contribution in [1.29, 1.82) is 0 Å². The summed E-state index contributed by atoms with van der Waals surface area (Å²) in [5.74, 6) is 0.703. The lowest BCUT2D eigenvalue weighted by molar-refractivity contribution is 0.803. The van der Waals surface area contributed by atoms with Gasteiger partial charge in [-0.2, -0.15) is 0 Å². The maximum atomic E-state index is 4.83. The summed E-state index contributed by atoms with van der Waals surface area (Å²) in [4.78, 5) is 13.9. The van der Waals surface area contributed by atoms with E-state index in [1.807, 2.05) is 36.4 Å². The summed E-state index contributed by atoms with van der Waals surface area (Å²) in [6.07, 6.45) is 4.82. The normalized spacial score (nSPS) is 10.9. The molecular formula is C22H19N3. The van der Waals surface area contributed by atoms with Crippen LogP contribution in [0.5, 0.6) is 0 Å². The van der Waals surface area contributed by atoms with E-state index in [0.29, 0.717) is 5.82 Å². The summed E-state index contributed by atoms with van der Waals surface area (Å²) < 4.78 is 0. The second-order valence-electron chi connectivity index (χ2n) is 6.07. The number of pyridine rings is 1. The van der Waals surface area contributed by atoms with Crippen molar-refractivity contribution >= 4 is 10.9 Å². The van der Waals surface area contributed by atoms with Crippen molar-refractivity contribution in [1.82, 2.24) is 15.0 Å². The van der Waals surface area contributed by atoms with E-state index in [0.717, 1.165) is 41.6 Å². The van der Waals surface area contributed by atoms with E-state index in [9.17, 15) is 0 Å². The molecule has 0 radical (unpaired) electrons. The fourth-order valence-corrected chi connectivity index (χ4v) is 3.05. The Labute approximate surface area is 147 Å². The van der Waals surface area contributed by atoms with Gasteiger partial charge in [0.25, 0.3) is 0 Å². The van der Waals surface area contributed by atoms with Gasteiger partial charge in [-0.3, -0.25) is 4.98 Å². The summed E-state index contributed by atoms with van der Waals surface area (Å²) >= 11 is 0. The average Bonchev–Trinajstić information content (AvgIpc) is 2.69. The molecule has 2 aromatic heterocycles. The van der Waals surface area contributed by atoms with Gasteiger partial charge >= 0.3 is 0 Å². The number of hydrogen-bond donors (Lipinski definition) is 0. The van der Waals surface area contributed by atoms with E-state index in [4.69, 9.17) is 9.97 Å². The third-order valence-electron chi connectivity index (χ3n) is 4.30. The summed E-state index contributed by atoms with van der Waals surface area (Å²) in [5, 5.41) is 1.13. The highest BCUT2D eigenvalue weighted by Crippen LogP contribution is 2.21. The molecule has 0 N–H and O–H groups in total. The van der Waals surface area contributed by atoms with Crippen molar-refractivity contribution in [3.63, 3.8) is 0 Å². The molecule has 0 aliphatic heterocycles. The highest BCUT2D eigenvalue weighted by molar-refractivity contribution is 5.82. The Morgan fingerprint density at radius 2 is 1.48 bits per heavy atom. The zero-order valence-corrected chi connectivity index (χ0v) is 14.0. The molecule has 3 heteroatoms. The SMILES string of the molecule is c1ccc(CCCc2nc(-c3ccccn3)nc3ccccc23)cc1. The molecule has 0 aliphatic rings. The number of fused-ring (bicyclic) bond motifs is 1. The van der Waals surface area contributed by atoms with Crippen LogP contribution in [0.15, 0.2) is 79.0 Å². The number of rotatable bonds is 5. The molecule has 0 unspecified atom stereocenters. The molecule has 0 spiro atoms. The first-order valence-electron chi connectivity index (χ1n) is 8.61. The Morgan fingerprint density at radius 1 is 0.680 bits per heavy atom. The highest BCUT2D eigenvalue weighted by Gasteiger charge is 2.09. The van der Waals surface area contributed by atoms with Crippen molar-refractivity contribution in [2.75, 3.05) is 0 Å². The molecule has 0 atom stereocenters. The molecule has 0 bridgehead atoms. The Balaban J connectivity index is 1.64. The second-order valence-corrected chi connectivity index (χ2v) is 6.07. The summed E-state index contributed by atoms with van der Waals surface area (Å²) in [5.41, 5.74) is 4.26. The van der Waals surface area contributed by atoms with Crippen LogP contribution in [-0.4, -0.2) is 15.0 Å². The van der Waals surface area contributed by atoms with Crippen LogP contribution in [0.2, 0.25) is 0 Å². The van der Waals surface area contributed by atoms with Gasteiger partial charge in [0.1, 0.15) is 5.69 Å². The first kappa shape index (κ1) is 15.5. The molecule has 25 heavy (non-hydrogen) atoms. The fourth-order valence-electron chi connectivity index (χ4n) is 3.05. The van der Waals surface area contributed by atoms with E-state index in [2.05, 4.69) is 41.4 Å². The number of para-hydroxylation sites is 1. The van der Waals surface area contributed by atoms with Crippen LogP contribution in [0, 0.1) is 0 Å². The Hall–Kier alpha value is -3.07. The van der Waals surface area contributed by atoms with Crippen molar-refractivity contribution in [3.8, 4) is 11.5 Å².